The van der Waals surface area contributed by atoms with E-state index >= 15 is 0 Å². The molecule has 0 bridgehead atoms. The third kappa shape index (κ3) is 4.94. The highest BCUT2D eigenvalue weighted by Crippen LogP contribution is 2.67. The van der Waals surface area contributed by atoms with Gasteiger partial charge in [-0.15, -0.1) is 0 Å². The van der Waals surface area contributed by atoms with Gasteiger partial charge in [-0.3, -0.25) is 9.69 Å². The number of nitrogens with zero attached hydrogens (tertiary/aromatic N) is 1. The summed E-state index contributed by atoms with van der Waals surface area (Å²) in [6, 6.07) is 3.69. The summed E-state index contributed by atoms with van der Waals surface area (Å²) in [5.41, 5.74) is 3.03. The number of fused-ring (bicyclic) bond motifs is 5. The molecule has 0 radical (unpaired) electrons. The van der Waals surface area contributed by atoms with Gasteiger partial charge in [-0.05, 0) is 97.5 Å². The fourth-order valence-electron chi connectivity index (χ4n) is 9.24. The van der Waals surface area contributed by atoms with E-state index < -0.39 is 0 Å². The summed E-state index contributed by atoms with van der Waals surface area (Å²) in [4.78, 5) is 37.8. The number of rotatable bonds is 5. The van der Waals surface area contributed by atoms with Crippen LogP contribution < -0.4 is 21.6 Å². The minimum absolute atomic E-state index is 0.0587. The van der Waals surface area contributed by atoms with E-state index in [9.17, 15) is 14.4 Å². The van der Waals surface area contributed by atoms with Gasteiger partial charge in [0.15, 0.2) is 0 Å². The van der Waals surface area contributed by atoms with E-state index in [1.807, 2.05) is 6.07 Å². The number of carbonyl (C=O) groups excluding carboxylic acids is 2. The van der Waals surface area contributed by atoms with Gasteiger partial charge in [0.2, 0.25) is 5.91 Å². The van der Waals surface area contributed by atoms with Gasteiger partial charge in [0.25, 0.3) is 0 Å². The molecule has 4 aliphatic carbocycles. The molecule has 6 rings (SSSR count). The van der Waals surface area contributed by atoms with E-state index in [0.717, 1.165) is 31.4 Å². The van der Waals surface area contributed by atoms with Crippen molar-refractivity contribution < 1.29 is 14.0 Å². The smallest absolute Gasteiger partial charge is 0.335 e. The predicted octanol–water partition coefficient (Wildman–Crippen LogP) is 3.79. The van der Waals surface area contributed by atoms with Crippen molar-refractivity contribution in [2.45, 2.75) is 77.2 Å². The van der Waals surface area contributed by atoms with Crippen LogP contribution in [-0.4, -0.2) is 55.6 Å². The van der Waals surface area contributed by atoms with E-state index in [1.54, 1.807) is 17.9 Å². The van der Waals surface area contributed by atoms with E-state index in [1.165, 1.54) is 32.1 Å². The fourth-order valence-corrected chi connectivity index (χ4v) is 9.24. The van der Waals surface area contributed by atoms with Gasteiger partial charge in [0, 0.05) is 38.3 Å². The van der Waals surface area contributed by atoms with Gasteiger partial charge < -0.3 is 20.4 Å². The van der Waals surface area contributed by atoms with E-state index in [4.69, 9.17) is 4.42 Å². The average molecular weight is 537 g/mol. The lowest BCUT2D eigenvalue weighted by atomic mass is 9.45. The monoisotopic (exact) mass is 536 g/mol. The molecule has 2 heterocycles. The predicted molar refractivity (Wildman–Crippen MR) is 149 cm³/mol. The van der Waals surface area contributed by atoms with Crippen LogP contribution in [0.25, 0.3) is 0 Å². The zero-order chi connectivity index (χ0) is 27.2. The number of hydrogen-bond donors (Lipinski definition) is 3. The Labute approximate surface area is 231 Å². The minimum Gasteiger partial charge on any atom is -0.431 e. The van der Waals surface area contributed by atoms with Gasteiger partial charge in [-0.25, -0.2) is 9.59 Å². The van der Waals surface area contributed by atoms with Crippen molar-refractivity contribution in [1.29, 1.82) is 0 Å². The molecular weight excluding hydrogens is 492 g/mol. The SMILES string of the molecule is CC12CC[C@H]3[C@@H](CC[C@@H]4C[C@@H](NC(=O)NCCN5CCNC(=O)C5)CCC43C)C1=CC[C@@H]2c1ccc(=O)oc1. The summed E-state index contributed by atoms with van der Waals surface area (Å²) in [7, 11) is 0. The van der Waals surface area contributed by atoms with Crippen LogP contribution in [0.5, 0.6) is 0 Å². The summed E-state index contributed by atoms with van der Waals surface area (Å²) in [6.07, 6.45) is 13.5. The third-order valence-electron chi connectivity index (χ3n) is 11.4. The highest BCUT2D eigenvalue weighted by Gasteiger charge is 2.57. The molecule has 8 heteroatoms. The number of piperazine rings is 1. The van der Waals surface area contributed by atoms with Crippen molar-refractivity contribution in [1.82, 2.24) is 20.9 Å². The zero-order valence-corrected chi connectivity index (χ0v) is 23.5. The number of allylic oxidation sites excluding steroid dienone is 2. The first-order valence-electron chi connectivity index (χ1n) is 15.1. The molecule has 3 amide bonds. The Morgan fingerprint density at radius 2 is 2.03 bits per heavy atom. The van der Waals surface area contributed by atoms with Crippen LogP contribution in [0, 0.1) is 28.6 Å². The molecule has 0 aromatic carbocycles. The molecule has 1 aromatic heterocycles. The van der Waals surface area contributed by atoms with Crippen molar-refractivity contribution in [2.24, 2.45) is 28.6 Å². The van der Waals surface area contributed by atoms with Crippen molar-refractivity contribution in [2.75, 3.05) is 32.7 Å². The summed E-state index contributed by atoms with van der Waals surface area (Å²) < 4.78 is 5.25. The Kier molecular flexibility index (Phi) is 7.11. The van der Waals surface area contributed by atoms with Gasteiger partial charge in [0.05, 0.1) is 12.8 Å². The number of carbonyl (C=O) groups is 2. The molecule has 3 N–H and O–H groups in total. The first-order valence-corrected chi connectivity index (χ1v) is 15.1. The molecule has 4 fully saturated rings. The summed E-state index contributed by atoms with van der Waals surface area (Å²) in [5.74, 6) is 2.46. The first-order chi connectivity index (χ1) is 18.8. The molecule has 212 valence electrons. The molecular formula is C31H44N4O4. The molecule has 1 aliphatic heterocycles. The summed E-state index contributed by atoms with van der Waals surface area (Å²) in [5, 5.41) is 9.12. The number of hydrogen-bond acceptors (Lipinski definition) is 5. The third-order valence-corrected chi connectivity index (χ3v) is 11.4. The van der Waals surface area contributed by atoms with Crippen molar-refractivity contribution in [3.8, 4) is 0 Å². The summed E-state index contributed by atoms with van der Waals surface area (Å²) >= 11 is 0. The van der Waals surface area contributed by atoms with Crippen molar-refractivity contribution >= 4 is 11.9 Å². The molecule has 3 saturated carbocycles. The molecule has 39 heavy (non-hydrogen) atoms. The van der Waals surface area contributed by atoms with Gasteiger partial charge in [0.1, 0.15) is 0 Å². The second-order valence-corrected chi connectivity index (χ2v) is 13.3. The van der Waals surface area contributed by atoms with Crippen LogP contribution in [0.3, 0.4) is 0 Å². The quantitative estimate of drug-likeness (QED) is 0.497. The van der Waals surface area contributed by atoms with Gasteiger partial charge >= 0.3 is 11.7 Å². The van der Waals surface area contributed by atoms with E-state index in [2.05, 4.69) is 40.8 Å². The largest absolute Gasteiger partial charge is 0.431 e. The lowest BCUT2D eigenvalue weighted by molar-refractivity contribution is -0.124. The second-order valence-electron chi connectivity index (χ2n) is 13.3. The average Bonchev–Trinajstić information content (AvgIpc) is 3.27. The number of urea groups is 1. The lowest BCUT2D eigenvalue weighted by Crippen LogP contribution is -2.55. The van der Waals surface area contributed by atoms with Gasteiger partial charge in [-0.2, -0.15) is 0 Å². The van der Waals surface area contributed by atoms with Crippen LogP contribution in [0.4, 0.5) is 4.79 Å². The minimum atomic E-state index is -0.277. The number of nitrogens with one attached hydrogen (secondary N) is 3. The second kappa shape index (κ2) is 10.4. The Bertz CT molecular complexity index is 1170. The van der Waals surface area contributed by atoms with Gasteiger partial charge in [-0.1, -0.05) is 25.5 Å². The molecule has 5 aliphatic rings. The van der Waals surface area contributed by atoms with Crippen LogP contribution in [0.1, 0.15) is 76.7 Å². The number of amides is 3. The molecule has 0 spiro atoms. The molecule has 2 unspecified atom stereocenters. The Hall–Kier alpha value is -2.61. The maximum absolute atomic E-state index is 12.7. The maximum Gasteiger partial charge on any atom is 0.335 e. The highest BCUT2D eigenvalue weighted by molar-refractivity contribution is 5.78. The Balaban J connectivity index is 1.04. The van der Waals surface area contributed by atoms with Crippen molar-refractivity contribution in [3.63, 3.8) is 0 Å². The molecule has 1 saturated heterocycles. The molecule has 7 atom stereocenters. The first kappa shape index (κ1) is 26.6. The normalized spacial score (nSPS) is 38.1. The van der Waals surface area contributed by atoms with E-state index in [-0.39, 0.29) is 29.0 Å². The van der Waals surface area contributed by atoms with Crippen LogP contribution in [-0.2, 0) is 4.79 Å². The molecule has 1 aromatic rings. The molecule has 8 nitrogen and oxygen atoms in total. The van der Waals surface area contributed by atoms with E-state index in [0.29, 0.717) is 55.3 Å². The highest BCUT2D eigenvalue weighted by atomic mass is 16.4. The Morgan fingerprint density at radius 3 is 2.82 bits per heavy atom. The van der Waals surface area contributed by atoms with Crippen molar-refractivity contribution in [3.05, 3.63) is 46.0 Å². The van der Waals surface area contributed by atoms with Crippen LogP contribution in [0.15, 0.2) is 39.3 Å². The topological polar surface area (TPSA) is 104 Å². The van der Waals surface area contributed by atoms with Crippen LogP contribution >= 0.6 is 0 Å². The summed E-state index contributed by atoms with van der Waals surface area (Å²) in [6.45, 7) is 8.17. The lowest BCUT2D eigenvalue weighted by Gasteiger charge is -2.60. The van der Waals surface area contributed by atoms with Crippen LogP contribution in [0.2, 0.25) is 0 Å². The fraction of sp³-hybridized carbons (Fsp3) is 0.710. The maximum atomic E-state index is 12.7. The Morgan fingerprint density at radius 1 is 1.15 bits per heavy atom. The standard InChI is InChI=1S/C31H44N4O4/c1-30-11-9-22(34-29(38)33-14-16-35-15-13-32-27(36)18-35)17-21(30)4-5-23-25-7-6-24(20-3-8-28(37)39-19-20)31(25,2)12-10-26(23)30/h3,7-8,19,21-24,26H,4-6,9-18H2,1-2H3,(H,32,36)(H2,33,34,38)/t21-,22+,23+,24-,26+,30?,31?/m1/s1. The zero-order valence-electron chi connectivity index (χ0n) is 23.5.